The van der Waals surface area contributed by atoms with Gasteiger partial charge in [-0.3, -0.25) is 9.59 Å². The number of nitrogens with one attached hydrogen (secondary N) is 1. The molecule has 1 heterocycles. The number of rotatable bonds is 5. The standard InChI is InChI=1S/C31H38N2O6/c1-16-9-24-29(37,26(16)35)13-18(15-34)10-21-25-28(3,4)30(25,12-17(2)31(21,24)38)39-27(36)22(32)11-19-14-33-23-8-6-5-7-20(19)23/h5-10,14,17,21-22,24-25,33-34,37-38H,11-13,15,32H2,1-4H3/t17-,21+,22+,24-,25+,29-,30+,31-/m1/s1. The molecule has 2 saturated carbocycles. The predicted octanol–water partition coefficient (Wildman–Crippen LogP) is 2.56. The number of fused-ring (bicyclic) bond motifs is 6. The van der Waals surface area contributed by atoms with Crippen molar-refractivity contribution in [2.75, 3.05) is 6.61 Å². The Bertz CT molecular complexity index is 1440. The fourth-order valence-corrected chi connectivity index (χ4v) is 8.47. The number of carbonyl (C=O) groups excluding carboxylic acids is 2. The first-order chi connectivity index (χ1) is 18.3. The lowest BCUT2D eigenvalue weighted by Gasteiger charge is -2.50. The Hall–Kier alpha value is -2.78. The van der Waals surface area contributed by atoms with Crippen LogP contribution in [0.4, 0.5) is 0 Å². The summed E-state index contributed by atoms with van der Waals surface area (Å²) in [5.41, 5.74) is 4.62. The van der Waals surface area contributed by atoms with Gasteiger partial charge in [0.2, 0.25) is 0 Å². The summed E-state index contributed by atoms with van der Waals surface area (Å²) in [6, 6.07) is 6.98. The van der Waals surface area contributed by atoms with Gasteiger partial charge in [0.05, 0.1) is 12.2 Å². The van der Waals surface area contributed by atoms with E-state index in [1.165, 1.54) is 0 Å². The molecule has 0 bridgehead atoms. The van der Waals surface area contributed by atoms with Crippen LogP contribution in [-0.2, 0) is 20.7 Å². The van der Waals surface area contributed by atoms with Gasteiger partial charge < -0.3 is 30.8 Å². The van der Waals surface area contributed by atoms with E-state index in [4.69, 9.17) is 10.5 Å². The van der Waals surface area contributed by atoms with Gasteiger partial charge in [0.25, 0.3) is 0 Å². The molecule has 39 heavy (non-hydrogen) atoms. The maximum absolute atomic E-state index is 13.5. The van der Waals surface area contributed by atoms with Crippen LogP contribution in [0.2, 0.25) is 0 Å². The molecule has 8 nitrogen and oxygen atoms in total. The summed E-state index contributed by atoms with van der Waals surface area (Å²) >= 11 is 0. The zero-order valence-electron chi connectivity index (χ0n) is 22.9. The van der Waals surface area contributed by atoms with Crippen LogP contribution in [-0.4, -0.2) is 61.5 Å². The highest BCUT2D eigenvalue weighted by molar-refractivity contribution is 6.04. The summed E-state index contributed by atoms with van der Waals surface area (Å²) in [5.74, 6) is -2.95. The molecule has 4 aliphatic carbocycles. The third kappa shape index (κ3) is 3.38. The predicted molar refractivity (Wildman–Crippen MR) is 145 cm³/mol. The molecule has 1 aromatic heterocycles. The summed E-state index contributed by atoms with van der Waals surface area (Å²) in [4.78, 5) is 29.8. The van der Waals surface area contributed by atoms with Crippen molar-refractivity contribution in [3.8, 4) is 0 Å². The first-order valence-corrected chi connectivity index (χ1v) is 13.8. The highest BCUT2D eigenvalue weighted by atomic mass is 16.6. The molecule has 2 fully saturated rings. The van der Waals surface area contributed by atoms with E-state index in [0.717, 1.165) is 16.5 Å². The Kier molecular flexibility index (Phi) is 5.67. The Labute approximate surface area is 227 Å². The van der Waals surface area contributed by atoms with Crippen molar-refractivity contribution in [2.24, 2.45) is 34.8 Å². The van der Waals surface area contributed by atoms with Gasteiger partial charge in [-0.25, -0.2) is 0 Å². The number of aliphatic hydroxyl groups is 3. The van der Waals surface area contributed by atoms with Crippen molar-refractivity contribution < 1.29 is 29.6 Å². The molecule has 8 atom stereocenters. The van der Waals surface area contributed by atoms with E-state index in [1.54, 1.807) is 13.0 Å². The lowest BCUT2D eigenvalue weighted by molar-refractivity contribution is -0.187. The van der Waals surface area contributed by atoms with Crippen LogP contribution in [0.1, 0.15) is 46.1 Å². The number of Topliss-reactive ketones (excluding diaryl/α,β-unsaturated/α-hetero) is 1. The number of ether oxygens (including phenoxy) is 1. The van der Waals surface area contributed by atoms with Crippen molar-refractivity contribution in [2.45, 2.75) is 69.8 Å². The van der Waals surface area contributed by atoms with Crippen molar-refractivity contribution >= 4 is 22.7 Å². The second-order valence-electron chi connectivity index (χ2n) is 12.9. The van der Waals surface area contributed by atoms with Crippen LogP contribution in [0.3, 0.4) is 0 Å². The van der Waals surface area contributed by atoms with E-state index < -0.39 is 57.8 Å². The minimum atomic E-state index is -1.81. The largest absolute Gasteiger partial charge is 0.457 e. The number of hydrogen-bond donors (Lipinski definition) is 5. The number of esters is 1. The Morgan fingerprint density at radius 1 is 1.23 bits per heavy atom. The third-order valence-corrected chi connectivity index (χ3v) is 10.6. The molecule has 4 aliphatic rings. The van der Waals surface area contributed by atoms with Crippen molar-refractivity contribution in [3.63, 3.8) is 0 Å². The number of hydrogen-bond acceptors (Lipinski definition) is 7. The number of aromatic nitrogens is 1. The number of para-hydroxylation sites is 1. The van der Waals surface area contributed by atoms with Gasteiger partial charge in [0, 0.05) is 53.1 Å². The maximum Gasteiger partial charge on any atom is 0.323 e. The van der Waals surface area contributed by atoms with Crippen LogP contribution >= 0.6 is 0 Å². The third-order valence-electron chi connectivity index (χ3n) is 10.6. The van der Waals surface area contributed by atoms with E-state index in [1.807, 2.05) is 57.3 Å². The molecular weight excluding hydrogens is 496 g/mol. The van der Waals surface area contributed by atoms with E-state index >= 15 is 0 Å². The first kappa shape index (κ1) is 26.4. The topological polar surface area (TPSA) is 146 Å². The molecule has 208 valence electrons. The second-order valence-corrected chi connectivity index (χ2v) is 12.9. The van der Waals surface area contributed by atoms with Crippen LogP contribution in [0, 0.1) is 29.1 Å². The van der Waals surface area contributed by atoms with Gasteiger partial charge in [-0.1, -0.05) is 51.1 Å². The van der Waals surface area contributed by atoms with Crippen LogP contribution in [0.15, 0.2) is 53.8 Å². The van der Waals surface area contributed by atoms with Gasteiger partial charge in [-0.15, -0.1) is 0 Å². The summed E-state index contributed by atoms with van der Waals surface area (Å²) in [6.07, 6.45) is 6.06. The monoisotopic (exact) mass is 534 g/mol. The molecular formula is C31H38N2O6. The van der Waals surface area contributed by atoms with Gasteiger partial charge in [-0.2, -0.15) is 0 Å². The summed E-state index contributed by atoms with van der Waals surface area (Å²) in [6.45, 7) is 7.27. The Balaban J connectivity index is 1.32. The minimum Gasteiger partial charge on any atom is -0.457 e. The summed E-state index contributed by atoms with van der Waals surface area (Å²) in [5, 5.41) is 35.3. The average Bonchev–Trinajstić information content (AvgIpc) is 3.11. The fourth-order valence-electron chi connectivity index (χ4n) is 8.47. The molecule has 2 aromatic rings. The number of nitrogens with two attached hydrogens (primary N) is 1. The van der Waals surface area contributed by atoms with Gasteiger partial charge >= 0.3 is 5.97 Å². The number of H-pyrrole nitrogens is 1. The molecule has 0 aliphatic heterocycles. The number of carbonyl (C=O) groups is 2. The second kappa shape index (κ2) is 8.36. The first-order valence-electron chi connectivity index (χ1n) is 13.8. The average molecular weight is 535 g/mol. The number of ketones is 1. The van der Waals surface area contributed by atoms with Gasteiger partial charge in [0.1, 0.15) is 17.2 Å². The van der Waals surface area contributed by atoms with E-state index in [0.29, 0.717) is 24.0 Å². The Morgan fingerprint density at radius 2 is 1.95 bits per heavy atom. The zero-order chi connectivity index (χ0) is 28.1. The van der Waals surface area contributed by atoms with Gasteiger partial charge in [-0.05, 0) is 42.0 Å². The zero-order valence-corrected chi connectivity index (χ0v) is 22.9. The van der Waals surface area contributed by atoms with Crippen molar-refractivity contribution in [1.82, 2.24) is 4.98 Å². The lowest BCUT2D eigenvalue weighted by atomic mass is 9.60. The van der Waals surface area contributed by atoms with Crippen LogP contribution in [0.25, 0.3) is 10.9 Å². The van der Waals surface area contributed by atoms with Gasteiger partial charge in [0.15, 0.2) is 5.78 Å². The molecule has 0 spiro atoms. The fraction of sp³-hybridized carbons (Fsp3) is 0.548. The Morgan fingerprint density at radius 3 is 2.67 bits per heavy atom. The van der Waals surface area contributed by atoms with E-state index in [2.05, 4.69) is 4.98 Å². The summed E-state index contributed by atoms with van der Waals surface area (Å²) < 4.78 is 6.32. The highest BCUT2D eigenvalue weighted by Crippen LogP contribution is 2.76. The molecule has 1 aromatic carbocycles. The molecule has 0 unspecified atom stereocenters. The maximum atomic E-state index is 13.5. The number of aliphatic hydroxyl groups excluding tert-OH is 1. The van der Waals surface area contributed by atoms with Crippen LogP contribution in [0.5, 0.6) is 0 Å². The molecule has 8 heteroatoms. The molecule has 6 N–H and O–H groups in total. The SMILES string of the molecule is CC1=C[C@H]2[C@@]3(O)[C@H](C)C[C@]4(OC(=O)[C@@H](N)Cc5c[nH]c6ccccc56)[C@@H]([C@@H]3C=C(CO)C[C@]2(O)C1=O)C4(C)C. The smallest absolute Gasteiger partial charge is 0.323 e. The van der Waals surface area contributed by atoms with Crippen LogP contribution < -0.4 is 5.73 Å². The molecule has 0 saturated heterocycles. The normalized spacial score (nSPS) is 39.1. The molecule has 6 rings (SSSR count). The quantitative estimate of drug-likeness (QED) is 0.293. The lowest BCUT2D eigenvalue weighted by Crippen LogP contribution is -2.61. The minimum absolute atomic E-state index is 0.0399. The summed E-state index contributed by atoms with van der Waals surface area (Å²) in [7, 11) is 0. The molecule has 0 radical (unpaired) electrons. The van der Waals surface area contributed by atoms with E-state index in [-0.39, 0.29) is 18.9 Å². The van der Waals surface area contributed by atoms with Crippen molar-refractivity contribution in [1.29, 1.82) is 0 Å². The molecule has 0 amide bonds. The van der Waals surface area contributed by atoms with E-state index in [9.17, 15) is 24.9 Å². The number of aromatic amines is 1. The highest BCUT2D eigenvalue weighted by Gasteiger charge is 2.83. The van der Waals surface area contributed by atoms with Crippen molar-refractivity contribution in [3.05, 3.63) is 59.3 Å². The number of benzene rings is 1.